The van der Waals surface area contributed by atoms with Crippen LogP contribution in [0.2, 0.25) is 0 Å². The summed E-state index contributed by atoms with van der Waals surface area (Å²) in [4.78, 5) is 37.3. The van der Waals surface area contributed by atoms with Crippen molar-refractivity contribution in [2.45, 2.75) is 26.2 Å². The van der Waals surface area contributed by atoms with Gasteiger partial charge in [-0.05, 0) is 30.7 Å². The molecule has 1 aliphatic rings. The topological polar surface area (TPSA) is 98.7 Å². The van der Waals surface area contributed by atoms with Gasteiger partial charge in [0.1, 0.15) is 23.1 Å². The molecule has 2 N–H and O–H groups in total. The van der Waals surface area contributed by atoms with E-state index in [9.17, 15) is 14.7 Å². The van der Waals surface area contributed by atoms with Crippen LogP contribution in [0.25, 0.3) is 6.08 Å². The molecule has 1 aliphatic heterocycles. The number of ketones is 1. The first kappa shape index (κ1) is 17.6. The van der Waals surface area contributed by atoms with Crippen LogP contribution in [-0.4, -0.2) is 44.0 Å². The quantitative estimate of drug-likeness (QED) is 0.780. The van der Waals surface area contributed by atoms with Crippen LogP contribution < -0.4 is 0 Å². The predicted molar refractivity (Wildman–Crippen MR) is 97.5 cm³/mol. The number of H-pyrrole nitrogens is 1. The number of aromatic amines is 1. The summed E-state index contributed by atoms with van der Waals surface area (Å²) < 4.78 is 0. The Morgan fingerprint density at radius 2 is 2.08 bits per heavy atom. The maximum atomic E-state index is 12.7. The number of hydrogen-bond donors (Lipinski definition) is 2. The summed E-state index contributed by atoms with van der Waals surface area (Å²) in [5.41, 5.74) is 1.98. The number of aliphatic imine (C=N–C) groups is 1. The summed E-state index contributed by atoms with van der Waals surface area (Å²) in [5.74, 6) is 0.399. The zero-order valence-electron chi connectivity index (χ0n) is 14.6. The van der Waals surface area contributed by atoms with E-state index in [1.165, 1.54) is 11.8 Å². The Morgan fingerprint density at radius 3 is 2.69 bits per heavy atom. The molecule has 2 aromatic rings. The van der Waals surface area contributed by atoms with Crippen LogP contribution in [0.5, 0.6) is 5.75 Å². The van der Waals surface area contributed by atoms with Crippen molar-refractivity contribution < 1.29 is 14.7 Å². The van der Waals surface area contributed by atoms with Gasteiger partial charge in [0.05, 0.1) is 12.9 Å². The summed E-state index contributed by atoms with van der Waals surface area (Å²) in [6.45, 7) is 3.46. The van der Waals surface area contributed by atoms with Crippen molar-refractivity contribution in [3.05, 3.63) is 53.7 Å². The first-order valence-corrected chi connectivity index (χ1v) is 8.32. The molecule has 1 aromatic heterocycles. The number of Topliss-reactive ketones (excluding diaryl/α,β-unsaturated/α-hetero) is 1. The van der Waals surface area contributed by atoms with Gasteiger partial charge in [0.25, 0.3) is 5.91 Å². The van der Waals surface area contributed by atoms with Gasteiger partial charge in [0.15, 0.2) is 0 Å². The number of aromatic hydroxyl groups is 1. The number of amides is 1. The minimum atomic E-state index is -0.292. The van der Waals surface area contributed by atoms with Crippen molar-refractivity contribution in [3.8, 4) is 5.75 Å². The highest BCUT2D eigenvalue weighted by Gasteiger charge is 2.31. The molecule has 0 fully saturated rings. The number of phenolic OH excluding ortho intramolecular Hbond substituents is 1. The van der Waals surface area contributed by atoms with E-state index in [0.29, 0.717) is 12.3 Å². The molecule has 0 spiro atoms. The molecule has 0 bridgehead atoms. The maximum absolute atomic E-state index is 12.7. The van der Waals surface area contributed by atoms with Gasteiger partial charge in [-0.25, -0.2) is 9.98 Å². The molecular formula is C19H20N4O3. The molecule has 1 unspecified atom stereocenters. The Hall–Kier alpha value is -3.22. The zero-order valence-corrected chi connectivity index (χ0v) is 14.6. The SMILES string of the molecule is CC(=O)CN1C(=O)/C(=C/c2ccc(O)cc2)N=C1CC(C)c1cnc[nH]1. The number of amidine groups is 1. The van der Waals surface area contributed by atoms with Gasteiger partial charge in [-0.1, -0.05) is 19.1 Å². The zero-order chi connectivity index (χ0) is 18.7. The van der Waals surface area contributed by atoms with Crippen molar-refractivity contribution in [2.75, 3.05) is 6.54 Å². The molecule has 0 radical (unpaired) electrons. The van der Waals surface area contributed by atoms with E-state index in [1.807, 2.05) is 6.92 Å². The maximum Gasteiger partial charge on any atom is 0.278 e. The smallest absolute Gasteiger partial charge is 0.278 e. The van der Waals surface area contributed by atoms with Gasteiger partial charge in [0.2, 0.25) is 0 Å². The first-order valence-electron chi connectivity index (χ1n) is 8.32. The lowest BCUT2D eigenvalue weighted by Crippen LogP contribution is -2.36. The summed E-state index contributed by atoms with van der Waals surface area (Å²) in [5, 5.41) is 9.37. The second-order valence-electron chi connectivity index (χ2n) is 6.35. The third-order valence-electron chi connectivity index (χ3n) is 4.14. The molecule has 7 heteroatoms. The van der Waals surface area contributed by atoms with Gasteiger partial charge < -0.3 is 10.1 Å². The van der Waals surface area contributed by atoms with Gasteiger partial charge in [-0.15, -0.1) is 0 Å². The van der Waals surface area contributed by atoms with Crippen LogP contribution in [0.15, 0.2) is 47.5 Å². The van der Waals surface area contributed by atoms with Gasteiger partial charge in [0, 0.05) is 24.2 Å². The van der Waals surface area contributed by atoms with Crippen molar-refractivity contribution >= 4 is 23.6 Å². The summed E-state index contributed by atoms with van der Waals surface area (Å²) in [7, 11) is 0. The summed E-state index contributed by atoms with van der Waals surface area (Å²) in [6, 6.07) is 6.49. The van der Waals surface area contributed by atoms with E-state index in [4.69, 9.17) is 0 Å². The largest absolute Gasteiger partial charge is 0.508 e. The number of benzene rings is 1. The number of carbonyl (C=O) groups excluding carboxylic acids is 2. The molecule has 1 amide bonds. The Labute approximate surface area is 151 Å². The molecule has 0 saturated carbocycles. The van der Waals surface area contributed by atoms with E-state index in [0.717, 1.165) is 11.3 Å². The standard InChI is InChI=1S/C19H20N4O3/c1-12(17-9-20-11-21-17)7-18-22-16(19(26)23(18)10-13(2)24)8-14-3-5-15(25)6-4-14/h3-6,8-9,11-12,25H,7,10H2,1-2H3,(H,20,21)/b16-8-. The second-order valence-corrected chi connectivity index (χ2v) is 6.35. The number of imidazole rings is 1. The fourth-order valence-electron chi connectivity index (χ4n) is 2.79. The lowest BCUT2D eigenvalue weighted by molar-refractivity contribution is -0.127. The number of carbonyl (C=O) groups is 2. The number of aromatic nitrogens is 2. The summed E-state index contributed by atoms with van der Waals surface area (Å²) in [6.07, 6.45) is 5.51. The molecule has 0 saturated heterocycles. The minimum absolute atomic E-state index is 0.000278. The van der Waals surface area contributed by atoms with Crippen molar-refractivity contribution in [1.82, 2.24) is 14.9 Å². The highest BCUT2D eigenvalue weighted by atomic mass is 16.3. The molecule has 26 heavy (non-hydrogen) atoms. The average Bonchev–Trinajstić information content (AvgIpc) is 3.22. The van der Waals surface area contributed by atoms with Gasteiger partial charge in [-0.2, -0.15) is 0 Å². The van der Waals surface area contributed by atoms with Gasteiger partial charge in [-0.3, -0.25) is 14.5 Å². The third-order valence-corrected chi connectivity index (χ3v) is 4.14. The number of phenols is 1. The van der Waals surface area contributed by atoms with E-state index < -0.39 is 0 Å². The number of rotatable bonds is 6. The van der Waals surface area contributed by atoms with E-state index in [-0.39, 0.29) is 35.6 Å². The minimum Gasteiger partial charge on any atom is -0.508 e. The number of nitrogens with one attached hydrogen (secondary N) is 1. The molecule has 0 aliphatic carbocycles. The molecular weight excluding hydrogens is 332 g/mol. The Kier molecular flexibility index (Phi) is 4.97. The number of nitrogens with zero attached hydrogens (tertiary/aromatic N) is 3. The molecule has 134 valence electrons. The van der Waals surface area contributed by atoms with E-state index in [1.54, 1.807) is 42.9 Å². The lowest BCUT2D eigenvalue weighted by Gasteiger charge is -2.18. The van der Waals surface area contributed by atoms with E-state index in [2.05, 4.69) is 15.0 Å². The monoisotopic (exact) mass is 352 g/mol. The van der Waals surface area contributed by atoms with Crippen LogP contribution in [0.4, 0.5) is 0 Å². The van der Waals surface area contributed by atoms with Crippen LogP contribution in [0.1, 0.15) is 37.4 Å². The third kappa shape index (κ3) is 3.88. The number of hydrogen-bond acceptors (Lipinski definition) is 5. The van der Waals surface area contributed by atoms with E-state index >= 15 is 0 Å². The fourth-order valence-corrected chi connectivity index (χ4v) is 2.79. The molecule has 7 nitrogen and oxygen atoms in total. The predicted octanol–water partition coefficient (Wildman–Crippen LogP) is 2.48. The van der Waals surface area contributed by atoms with Gasteiger partial charge >= 0.3 is 0 Å². The second kappa shape index (κ2) is 7.35. The molecule has 1 aromatic carbocycles. The van der Waals surface area contributed by atoms with Crippen LogP contribution in [0.3, 0.4) is 0 Å². The van der Waals surface area contributed by atoms with Crippen LogP contribution in [-0.2, 0) is 9.59 Å². The van der Waals surface area contributed by atoms with Crippen LogP contribution >= 0.6 is 0 Å². The Balaban J connectivity index is 1.88. The average molecular weight is 352 g/mol. The fraction of sp³-hybridized carbons (Fsp3) is 0.263. The molecule has 1 atom stereocenters. The van der Waals surface area contributed by atoms with Crippen molar-refractivity contribution in [2.24, 2.45) is 4.99 Å². The van der Waals surface area contributed by atoms with Crippen molar-refractivity contribution in [3.63, 3.8) is 0 Å². The molecule has 2 heterocycles. The Morgan fingerprint density at radius 1 is 1.35 bits per heavy atom. The lowest BCUT2D eigenvalue weighted by atomic mass is 10.0. The van der Waals surface area contributed by atoms with Crippen LogP contribution in [0, 0.1) is 0 Å². The normalized spacial score (nSPS) is 16.8. The first-order chi connectivity index (χ1) is 12.4. The Bertz CT molecular complexity index is 867. The highest BCUT2D eigenvalue weighted by Crippen LogP contribution is 2.25. The van der Waals surface area contributed by atoms with Crippen molar-refractivity contribution in [1.29, 1.82) is 0 Å². The highest BCUT2D eigenvalue weighted by molar-refractivity contribution is 6.15. The molecule has 3 rings (SSSR count). The summed E-state index contributed by atoms with van der Waals surface area (Å²) >= 11 is 0.